The van der Waals surface area contributed by atoms with Gasteiger partial charge in [0.25, 0.3) is 0 Å². The van der Waals surface area contributed by atoms with Gasteiger partial charge in [-0.15, -0.1) is 0 Å². The van der Waals surface area contributed by atoms with Gasteiger partial charge in [-0.3, -0.25) is 0 Å². The maximum Gasteiger partial charge on any atom is 0.243 e. The van der Waals surface area contributed by atoms with Crippen LogP contribution in [0.25, 0.3) is 0 Å². The highest BCUT2D eigenvalue weighted by molar-refractivity contribution is 7.89. The zero-order valence-electron chi connectivity index (χ0n) is 15.4. The SMILES string of the molecule is O=S(=O)(c1ccccc1)N1CCC(CNCc2ccc3c(c2)CCO3)CC1. The second kappa shape index (κ2) is 8.00. The normalized spacial score (nSPS) is 18.2. The first-order valence-electron chi connectivity index (χ1n) is 9.63. The largest absolute Gasteiger partial charge is 0.493 e. The Kier molecular flexibility index (Phi) is 5.48. The molecule has 0 amide bonds. The molecular formula is C21H26N2O3S. The van der Waals surface area contributed by atoms with Crippen LogP contribution in [0.4, 0.5) is 0 Å². The molecule has 5 nitrogen and oxygen atoms in total. The molecule has 0 radical (unpaired) electrons. The molecule has 0 aliphatic carbocycles. The van der Waals surface area contributed by atoms with E-state index in [4.69, 9.17) is 4.74 Å². The first-order chi connectivity index (χ1) is 13.1. The van der Waals surface area contributed by atoms with Crippen molar-refractivity contribution in [1.82, 2.24) is 9.62 Å². The molecule has 0 atom stereocenters. The van der Waals surface area contributed by atoms with Crippen LogP contribution >= 0.6 is 0 Å². The van der Waals surface area contributed by atoms with Gasteiger partial charge in [0.2, 0.25) is 10.0 Å². The highest BCUT2D eigenvalue weighted by Gasteiger charge is 2.29. The van der Waals surface area contributed by atoms with E-state index in [0.29, 0.717) is 23.9 Å². The summed E-state index contributed by atoms with van der Waals surface area (Å²) in [6, 6.07) is 15.1. The number of nitrogens with zero attached hydrogens (tertiary/aromatic N) is 1. The third-order valence-corrected chi connectivity index (χ3v) is 7.38. The van der Waals surface area contributed by atoms with Crippen LogP contribution < -0.4 is 10.1 Å². The fourth-order valence-corrected chi connectivity index (χ4v) is 5.36. The monoisotopic (exact) mass is 386 g/mol. The van der Waals surface area contributed by atoms with E-state index in [9.17, 15) is 8.42 Å². The predicted molar refractivity (Wildman–Crippen MR) is 105 cm³/mol. The summed E-state index contributed by atoms with van der Waals surface area (Å²) in [7, 11) is -3.35. The van der Waals surface area contributed by atoms with Crippen LogP contribution in [0.3, 0.4) is 0 Å². The van der Waals surface area contributed by atoms with E-state index in [1.165, 1.54) is 11.1 Å². The fourth-order valence-electron chi connectivity index (χ4n) is 3.87. The summed E-state index contributed by atoms with van der Waals surface area (Å²) in [5, 5.41) is 3.54. The highest BCUT2D eigenvalue weighted by atomic mass is 32.2. The van der Waals surface area contributed by atoms with Gasteiger partial charge in [-0.1, -0.05) is 30.3 Å². The Bertz CT molecular complexity index is 876. The van der Waals surface area contributed by atoms with Crippen LogP contribution in [-0.4, -0.2) is 39.0 Å². The molecule has 2 heterocycles. The lowest BCUT2D eigenvalue weighted by Gasteiger charge is -2.31. The van der Waals surface area contributed by atoms with Crippen molar-refractivity contribution < 1.29 is 13.2 Å². The van der Waals surface area contributed by atoms with Gasteiger partial charge in [-0.05, 0) is 54.6 Å². The van der Waals surface area contributed by atoms with Crippen molar-refractivity contribution in [3.8, 4) is 5.75 Å². The minimum absolute atomic E-state index is 0.391. The minimum Gasteiger partial charge on any atom is -0.493 e. The predicted octanol–water partition coefficient (Wildman–Crippen LogP) is 2.81. The number of fused-ring (bicyclic) bond motifs is 1. The zero-order valence-corrected chi connectivity index (χ0v) is 16.2. The number of rotatable bonds is 6. The topological polar surface area (TPSA) is 58.6 Å². The maximum atomic E-state index is 12.7. The Labute approximate surface area is 161 Å². The van der Waals surface area contributed by atoms with Crippen molar-refractivity contribution >= 4 is 10.0 Å². The van der Waals surface area contributed by atoms with Gasteiger partial charge in [0, 0.05) is 26.1 Å². The van der Waals surface area contributed by atoms with E-state index in [0.717, 1.165) is 44.7 Å². The Hall–Kier alpha value is -1.89. The Morgan fingerprint density at radius 1 is 1.07 bits per heavy atom. The van der Waals surface area contributed by atoms with Gasteiger partial charge in [0.05, 0.1) is 11.5 Å². The van der Waals surface area contributed by atoms with Crippen molar-refractivity contribution in [2.75, 3.05) is 26.2 Å². The Morgan fingerprint density at radius 3 is 2.63 bits per heavy atom. The van der Waals surface area contributed by atoms with Gasteiger partial charge in [-0.2, -0.15) is 4.31 Å². The zero-order chi connectivity index (χ0) is 18.7. The van der Waals surface area contributed by atoms with Crippen LogP contribution in [-0.2, 0) is 23.0 Å². The molecule has 2 aliphatic rings. The standard InChI is InChI=1S/C21H26N2O3S/c24-27(25,20-4-2-1-3-5-20)23-11-8-17(9-12-23)15-22-16-18-6-7-21-19(14-18)10-13-26-21/h1-7,14,17,22H,8-13,15-16H2. The lowest BCUT2D eigenvalue weighted by atomic mass is 9.98. The average molecular weight is 387 g/mol. The quantitative estimate of drug-likeness (QED) is 0.829. The summed E-state index contributed by atoms with van der Waals surface area (Å²) in [5.41, 5.74) is 2.58. The van der Waals surface area contributed by atoms with Crippen molar-refractivity contribution in [2.24, 2.45) is 5.92 Å². The van der Waals surface area contributed by atoms with E-state index in [1.807, 2.05) is 6.07 Å². The first-order valence-corrected chi connectivity index (χ1v) is 11.1. The molecule has 0 spiro atoms. The van der Waals surface area contributed by atoms with E-state index >= 15 is 0 Å². The smallest absolute Gasteiger partial charge is 0.243 e. The minimum atomic E-state index is -3.35. The highest BCUT2D eigenvalue weighted by Crippen LogP contribution is 2.26. The number of benzene rings is 2. The molecule has 1 N–H and O–H groups in total. The average Bonchev–Trinajstić information content (AvgIpc) is 3.17. The number of piperidine rings is 1. The lowest BCUT2D eigenvalue weighted by Crippen LogP contribution is -2.40. The van der Waals surface area contributed by atoms with Crippen LogP contribution in [0.2, 0.25) is 0 Å². The molecule has 144 valence electrons. The molecule has 0 bridgehead atoms. The Morgan fingerprint density at radius 2 is 1.85 bits per heavy atom. The van der Waals surface area contributed by atoms with Crippen molar-refractivity contribution in [1.29, 1.82) is 0 Å². The van der Waals surface area contributed by atoms with E-state index in [1.54, 1.807) is 28.6 Å². The van der Waals surface area contributed by atoms with Crippen molar-refractivity contribution in [3.05, 3.63) is 59.7 Å². The summed E-state index contributed by atoms with van der Waals surface area (Å²) in [6.45, 7) is 3.75. The molecule has 1 fully saturated rings. The molecule has 6 heteroatoms. The molecule has 0 saturated carbocycles. The van der Waals surface area contributed by atoms with Gasteiger partial charge >= 0.3 is 0 Å². The van der Waals surface area contributed by atoms with Gasteiger partial charge in [-0.25, -0.2) is 8.42 Å². The second-order valence-electron chi connectivity index (χ2n) is 7.33. The third-order valence-electron chi connectivity index (χ3n) is 5.47. The number of sulfonamides is 1. The summed E-state index contributed by atoms with van der Waals surface area (Å²) in [5.74, 6) is 1.54. The van der Waals surface area contributed by atoms with Crippen LogP contribution in [0.15, 0.2) is 53.4 Å². The summed E-state index contributed by atoms with van der Waals surface area (Å²) in [4.78, 5) is 0.391. The third kappa shape index (κ3) is 4.18. The number of ether oxygens (including phenoxy) is 1. The summed E-state index contributed by atoms with van der Waals surface area (Å²) in [6.07, 6.45) is 2.80. The van der Waals surface area contributed by atoms with Crippen LogP contribution in [0, 0.1) is 5.92 Å². The molecule has 4 rings (SSSR count). The molecule has 2 aromatic rings. The van der Waals surface area contributed by atoms with Gasteiger partial charge < -0.3 is 10.1 Å². The van der Waals surface area contributed by atoms with Crippen LogP contribution in [0.5, 0.6) is 5.75 Å². The van der Waals surface area contributed by atoms with E-state index in [-0.39, 0.29) is 0 Å². The molecule has 1 saturated heterocycles. The summed E-state index contributed by atoms with van der Waals surface area (Å²) >= 11 is 0. The van der Waals surface area contributed by atoms with E-state index < -0.39 is 10.0 Å². The number of hydrogen-bond donors (Lipinski definition) is 1. The summed E-state index contributed by atoms with van der Waals surface area (Å²) < 4.78 is 32.5. The molecule has 2 aromatic carbocycles. The number of hydrogen-bond acceptors (Lipinski definition) is 4. The maximum absolute atomic E-state index is 12.7. The van der Waals surface area contributed by atoms with Crippen molar-refractivity contribution in [3.63, 3.8) is 0 Å². The second-order valence-corrected chi connectivity index (χ2v) is 9.27. The van der Waals surface area contributed by atoms with Crippen LogP contribution in [0.1, 0.15) is 24.0 Å². The van der Waals surface area contributed by atoms with E-state index in [2.05, 4.69) is 23.5 Å². The lowest BCUT2D eigenvalue weighted by molar-refractivity contribution is 0.267. The Balaban J connectivity index is 1.25. The molecule has 0 aromatic heterocycles. The molecular weight excluding hydrogens is 360 g/mol. The number of nitrogens with one attached hydrogen (secondary N) is 1. The molecule has 2 aliphatic heterocycles. The van der Waals surface area contributed by atoms with Crippen molar-refractivity contribution in [2.45, 2.75) is 30.7 Å². The van der Waals surface area contributed by atoms with Gasteiger partial charge in [0.15, 0.2) is 0 Å². The molecule has 0 unspecified atom stereocenters. The molecule has 27 heavy (non-hydrogen) atoms. The first kappa shape index (κ1) is 18.5. The fraction of sp³-hybridized carbons (Fsp3) is 0.429. The van der Waals surface area contributed by atoms with Gasteiger partial charge in [0.1, 0.15) is 5.75 Å².